The lowest BCUT2D eigenvalue weighted by molar-refractivity contribution is 0.0698. The molecule has 0 saturated carbocycles. The Bertz CT molecular complexity index is 876. The van der Waals surface area contributed by atoms with Crippen LogP contribution in [0.1, 0.15) is 15.9 Å². The van der Waals surface area contributed by atoms with Gasteiger partial charge in [-0.2, -0.15) is 0 Å². The van der Waals surface area contributed by atoms with Crippen molar-refractivity contribution in [1.82, 2.24) is 15.0 Å². The number of rotatable bonds is 2. The average Bonchev–Trinajstić information content (AvgIpc) is 2.86. The van der Waals surface area contributed by atoms with Gasteiger partial charge < -0.3 is 5.11 Å². The summed E-state index contributed by atoms with van der Waals surface area (Å²) < 4.78 is 15.5. The van der Waals surface area contributed by atoms with Gasteiger partial charge in [0.25, 0.3) is 0 Å². The van der Waals surface area contributed by atoms with Gasteiger partial charge in [-0.05, 0) is 46.6 Å². The van der Waals surface area contributed by atoms with E-state index >= 15 is 0 Å². The number of benzene rings is 2. The van der Waals surface area contributed by atoms with Gasteiger partial charge in [-0.3, -0.25) is 0 Å². The van der Waals surface area contributed by atoms with Crippen LogP contribution in [-0.4, -0.2) is 26.1 Å². The van der Waals surface area contributed by atoms with E-state index in [-0.39, 0.29) is 5.56 Å². The summed E-state index contributed by atoms with van der Waals surface area (Å²) in [7, 11) is 0. The van der Waals surface area contributed by atoms with Crippen molar-refractivity contribution in [1.29, 1.82) is 0 Å². The lowest BCUT2D eigenvalue weighted by Crippen LogP contribution is -2.05. The van der Waals surface area contributed by atoms with Crippen molar-refractivity contribution >= 4 is 32.9 Å². The molecule has 5 nitrogen and oxygen atoms in total. The Morgan fingerprint density at radius 1 is 1.38 bits per heavy atom. The zero-order valence-corrected chi connectivity index (χ0v) is 12.4. The predicted molar refractivity (Wildman–Crippen MR) is 78.2 cm³/mol. The molecule has 3 aromatic rings. The molecule has 0 unspecified atom stereocenters. The first-order valence-electron chi connectivity index (χ1n) is 6.03. The molecule has 1 N–H and O–H groups in total. The summed E-state index contributed by atoms with van der Waals surface area (Å²) in [5, 5.41) is 17.2. The molecule has 0 radical (unpaired) electrons. The second-order valence-corrected chi connectivity index (χ2v) is 5.39. The molecule has 3 rings (SSSR count). The second-order valence-electron chi connectivity index (χ2n) is 4.53. The van der Waals surface area contributed by atoms with Crippen molar-refractivity contribution in [3.8, 4) is 5.69 Å². The molecule has 0 spiro atoms. The number of aromatic carboxylic acids is 1. The fourth-order valence-corrected chi connectivity index (χ4v) is 2.64. The molecular weight excluding hydrogens is 341 g/mol. The van der Waals surface area contributed by atoms with Gasteiger partial charge in [-0.1, -0.05) is 11.3 Å². The number of aryl methyl sites for hydroxylation is 1. The number of halogens is 2. The van der Waals surface area contributed by atoms with Gasteiger partial charge in [0.2, 0.25) is 0 Å². The molecule has 0 aliphatic heterocycles. The maximum Gasteiger partial charge on any atom is 0.337 e. The van der Waals surface area contributed by atoms with E-state index in [9.17, 15) is 14.3 Å². The van der Waals surface area contributed by atoms with Gasteiger partial charge >= 0.3 is 5.97 Å². The Morgan fingerprint density at radius 2 is 2.14 bits per heavy atom. The van der Waals surface area contributed by atoms with E-state index < -0.39 is 11.8 Å². The van der Waals surface area contributed by atoms with E-state index in [4.69, 9.17) is 0 Å². The minimum absolute atomic E-state index is 0.0697. The summed E-state index contributed by atoms with van der Waals surface area (Å²) in [4.78, 5) is 11.4. The lowest BCUT2D eigenvalue weighted by atomic mass is 10.1. The third kappa shape index (κ3) is 2.19. The highest BCUT2D eigenvalue weighted by Crippen LogP contribution is 2.26. The Hall–Kier alpha value is -2.28. The van der Waals surface area contributed by atoms with Crippen molar-refractivity contribution in [2.45, 2.75) is 6.92 Å². The van der Waals surface area contributed by atoms with Crippen molar-refractivity contribution in [2.24, 2.45) is 0 Å². The van der Waals surface area contributed by atoms with Crippen LogP contribution in [0.2, 0.25) is 0 Å². The second kappa shape index (κ2) is 4.92. The predicted octanol–water partition coefficient (Wildman–Crippen LogP) is 3.33. The number of aromatic nitrogens is 3. The third-order valence-electron chi connectivity index (χ3n) is 3.17. The maximum atomic E-state index is 13.8. The normalized spacial score (nSPS) is 11.0. The van der Waals surface area contributed by atoms with Crippen LogP contribution in [0, 0.1) is 12.7 Å². The number of fused-ring (bicyclic) bond motifs is 1. The number of carbonyl (C=O) groups is 1. The van der Waals surface area contributed by atoms with Gasteiger partial charge in [0.1, 0.15) is 16.9 Å². The fourth-order valence-electron chi connectivity index (χ4n) is 2.18. The molecule has 21 heavy (non-hydrogen) atoms. The number of carboxylic acids is 1. The summed E-state index contributed by atoms with van der Waals surface area (Å²) in [6.07, 6.45) is 0. The van der Waals surface area contributed by atoms with Crippen molar-refractivity contribution < 1.29 is 14.3 Å². The van der Waals surface area contributed by atoms with Crippen LogP contribution in [0.15, 0.2) is 34.8 Å². The van der Waals surface area contributed by atoms with E-state index in [0.29, 0.717) is 21.2 Å². The van der Waals surface area contributed by atoms with E-state index in [1.54, 1.807) is 25.1 Å². The number of para-hydroxylation sites is 1. The average molecular weight is 350 g/mol. The molecule has 1 aromatic heterocycles. The number of hydrogen-bond acceptors (Lipinski definition) is 3. The zero-order chi connectivity index (χ0) is 15.1. The number of hydrogen-bond donors (Lipinski definition) is 1. The van der Waals surface area contributed by atoms with E-state index in [0.717, 1.165) is 5.56 Å². The van der Waals surface area contributed by atoms with Crippen LogP contribution in [0.25, 0.3) is 16.7 Å². The summed E-state index contributed by atoms with van der Waals surface area (Å²) in [6.45, 7) is 1.79. The Kier molecular flexibility index (Phi) is 3.21. The van der Waals surface area contributed by atoms with Gasteiger partial charge in [-0.25, -0.2) is 13.9 Å². The maximum absolute atomic E-state index is 13.8. The minimum atomic E-state index is -1.08. The SMILES string of the molecule is Cc1cc(Br)c(F)cc1-n1nnc2cccc(C(=O)O)c21. The molecule has 0 bridgehead atoms. The van der Waals surface area contributed by atoms with E-state index in [1.807, 2.05) is 0 Å². The first kappa shape index (κ1) is 13.7. The molecule has 7 heteroatoms. The minimum Gasteiger partial charge on any atom is -0.478 e. The highest BCUT2D eigenvalue weighted by molar-refractivity contribution is 9.10. The van der Waals surface area contributed by atoms with Gasteiger partial charge in [0, 0.05) is 6.07 Å². The van der Waals surface area contributed by atoms with Crippen molar-refractivity contribution in [2.75, 3.05) is 0 Å². The quantitative estimate of drug-likeness (QED) is 0.770. The molecule has 0 aliphatic rings. The molecule has 2 aromatic carbocycles. The van der Waals surface area contributed by atoms with Gasteiger partial charge in [-0.15, -0.1) is 5.10 Å². The Morgan fingerprint density at radius 3 is 2.86 bits per heavy atom. The van der Waals surface area contributed by atoms with Crippen LogP contribution < -0.4 is 0 Å². The number of carboxylic acid groups (broad SMARTS) is 1. The van der Waals surface area contributed by atoms with Crippen LogP contribution in [0.5, 0.6) is 0 Å². The molecule has 0 aliphatic carbocycles. The van der Waals surface area contributed by atoms with Gasteiger partial charge in [0.15, 0.2) is 0 Å². The largest absolute Gasteiger partial charge is 0.478 e. The van der Waals surface area contributed by atoms with Gasteiger partial charge in [0.05, 0.1) is 15.7 Å². The highest BCUT2D eigenvalue weighted by atomic mass is 79.9. The molecule has 0 atom stereocenters. The van der Waals surface area contributed by atoms with Crippen molar-refractivity contribution in [3.63, 3.8) is 0 Å². The molecular formula is C14H9BrFN3O2. The van der Waals surface area contributed by atoms with Crippen LogP contribution >= 0.6 is 15.9 Å². The van der Waals surface area contributed by atoms with Crippen LogP contribution in [-0.2, 0) is 0 Å². The first-order chi connectivity index (χ1) is 9.99. The topological polar surface area (TPSA) is 68.0 Å². The molecule has 0 saturated heterocycles. The van der Waals surface area contributed by atoms with Crippen molar-refractivity contribution in [3.05, 3.63) is 51.7 Å². The standard InChI is InChI=1S/C14H9BrFN3O2/c1-7-5-9(15)10(16)6-12(7)19-13-8(14(20)21)3-2-4-11(13)17-18-19/h2-6H,1H3,(H,20,21). The fraction of sp³-hybridized carbons (Fsp3) is 0.0714. The van der Waals surface area contributed by atoms with E-state index in [2.05, 4.69) is 26.2 Å². The number of nitrogens with zero attached hydrogens (tertiary/aromatic N) is 3. The first-order valence-corrected chi connectivity index (χ1v) is 6.82. The van der Waals surface area contributed by atoms with E-state index in [1.165, 1.54) is 16.8 Å². The lowest BCUT2D eigenvalue weighted by Gasteiger charge is -2.09. The molecule has 0 amide bonds. The Labute approximate surface area is 127 Å². The summed E-state index contributed by atoms with van der Waals surface area (Å²) in [5.74, 6) is -1.54. The zero-order valence-electron chi connectivity index (χ0n) is 10.8. The van der Waals surface area contributed by atoms with Crippen LogP contribution in [0.4, 0.5) is 4.39 Å². The Balaban J connectivity index is 2.36. The monoisotopic (exact) mass is 349 g/mol. The summed E-state index contributed by atoms with van der Waals surface area (Å²) in [5.41, 5.74) is 2.05. The molecule has 1 heterocycles. The summed E-state index contributed by atoms with van der Waals surface area (Å²) in [6, 6.07) is 7.64. The smallest absolute Gasteiger partial charge is 0.337 e. The molecule has 106 valence electrons. The summed E-state index contributed by atoms with van der Waals surface area (Å²) >= 11 is 3.12. The molecule has 0 fully saturated rings. The highest BCUT2D eigenvalue weighted by Gasteiger charge is 2.17. The third-order valence-corrected chi connectivity index (χ3v) is 3.77. The van der Waals surface area contributed by atoms with Crippen LogP contribution in [0.3, 0.4) is 0 Å².